The number of ether oxygens (including phenoxy) is 1. The standard InChI is InChI=1S/C7H8N2O5/c10-5-2-1-4(6(11)8-5)9-7(12)13-3-14-9/h4H,1-3H2,(H,8,10,11). The molecule has 0 aromatic carbocycles. The van der Waals surface area contributed by atoms with Gasteiger partial charge in [-0.2, -0.15) is 5.06 Å². The molecular formula is C7H8N2O5. The summed E-state index contributed by atoms with van der Waals surface area (Å²) in [4.78, 5) is 37.9. The van der Waals surface area contributed by atoms with E-state index in [0.717, 1.165) is 5.06 Å². The quantitative estimate of drug-likeness (QED) is 0.556. The number of carbonyl (C=O) groups excluding carboxylic acids is 3. The first-order valence-corrected chi connectivity index (χ1v) is 4.11. The van der Waals surface area contributed by atoms with Crippen LogP contribution in [-0.4, -0.2) is 35.8 Å². The minimum absolute atomic E-state index is 0.184. The van der Waals surface area contributed by atoms with Crippen LogP contribution in [0.2, 0.25) is 0 Å². The Kier molecular flexibility index (Phi) is 2.08. The molecule has 2 heterocycles. The Labute approximate surface area is 78.9 Å². The van der Waals surface area contributed by atoms with Crippen molar-refractivity contribution in [1.82, 2.24) is 10.4 Å². The molecule has 2 aliphatic rings. The Morgan fingerprint density at radius 3 is 2.71 bits per heavy atom. The van der Waals surface area contributed by atoms with Crippen LogP contribution in [-0.2, 0) is 19.2 Å². The van der Waals surface area contributed by atoms with Gasteiger partial charge >= 0.3 is 6.09 Å². The third-order valence-electron chi connectivity index (χ3n) is 2.05. The highest BCUT2D eigenvalue weighted by Crippen LogP contribution is 2.17. The van der Waals surface area contributed by atoms with E-state index in [1.54, 1.807) is 0 Å². The van der Waals surface area contributed by atoms with E-state index in [9.17, 15) is 14.4 Å². The van der Waals surface area contributed by atoms with Gasteiger partial charge in [0.25, 0.3) is 5.91 Å². The maximum Gasteiger partial charge on any atom is 0.437 e. The fourth-order valence-corrected chi connectivity index (χ4v) is 1.37. The number of piperidine rings is 1. The molecule has 7 heteroatoms. The number of cyclic esters (lactones) is 1. The Hall–Kier alpha value is -1.63. The minimum atomic E-state index is -0.761. The van der Waals surface area contributed by atoms with Crippen LogP contribution in [0.5, 0.6) is 0 Å². The predicted molar refractivity (Wildman–Crippen MR) is 40.4 cm³/mol. The monoisotopic (exact) mass is 200 g/mol. The van der Waals surface area contributed by atoms with Gasteiger partial charge in [-0.3, -0.25) is 14.9 Å². The van der Waals surface area contributed by atoms with Crippen LogP contribution in [0, 0.1) is 0 Å². The number of hydrogen-bond donors (Lipinski definition) is 1. The molecule has 0 bridgehead atoms. The zero-order chi connectivity index (χ0) is 10.1. The number of hydrogen-bond acceptors (Lipinski definition) is 5. The van der Waals surface area contributed by atoms with Gasteiger partial charge in [-0.1, -0.05) is 0 Å². The van der Waals surface area contributed by atoms with Crippen LogP contribution in [0.3, 0.4) is 0 Å². The smallest absolute Gasteiger partial charge is 0.418 e. The lowest BCUT2D eigenvalue weighted by Crippen LogP contribution is -2.52. The third-order valence-corrected chi connectivity index (χ3v) is 2.05. The average molecular weight is 200 g/mol. The molecule has 0 aromatic rings. The summed E-state index contributed by atoms with van der Waals surface area (Å²) in [7, 11) is 0. The first kappa shape index (κ1) is 8.95. The predicted octanol–water partition coefficient (Wildman–Crippen LogP) is -0.867. The number of nitrogens with zero attached hydrogens (tertiary/aromatic N) is 1. The van der Waals surface area contributed by atoms with E-state index in [-0.39, 0.29) is 25.5 Å². The summed E-state index contributed by atoms with van der Waals surface area (Å²) >= 11 is 0. The van der Waals surface area contributed by atoms with Crippen molar-refractivity contribution in [2.75, 3.05) is 6.79 Å². The van der Waals surface area contributed by atoms with Crippen LogP contribution in [0.1, 0.15) is 12.8 Å². The van der Waals surface area contributed by atoms with Gasteiger partial charge in [-0.05, 0) is 6.42 Å². The minimum Gasteiger partial charge on any atom is -0.418 e. The SMILES string of the molecule is O=C1CCC(N2OCOC2=O)C(=O)N1. The van der Waals surface area contributed by atoms with E-state index >= 15 is 0 Å². The number of amides is 3. The Bertz CT molecular complexity index is 302. The molecule has 1 atom stereocenters. The van der Waals surface area contributed by atoms with Gasteiger partial charge in [-0.15, -0.1) is 0 Å². The third kappa shape index (κ3) is 1.41. The molecule has 0 saturated carbocycles. The maximum atomic E-state index is 11.3. The average Bonchev–Trinajstić information content (AvgIpc) is 2.52. The van der Waals surface area contributed by atoms with Crippen LogP contribution in [0.25, 0.3) is 0 Å². The summed E-state index contributed by atoms with van der Waals surface area (Å²) in [6.07, 6.45) is -0.233. The van der Waals surface area contributed by atoms with Gasteiger partial charge in [0.2, 0.25) is 12.7 Å². The second kappa shape index (κ2) is 3.26. The highest BCUT2D eigenvalue weighted by atomic mass is 16.9. The highest BCUT2D eigenvalue weighted by Gasteiger charge is 2.39. The zero-order valence-electron chi connectivity index (χ0n) is 7.19. The van der Waals surface area contributed by atoms with Crippen molar-refractivity contribution in [3.63, 3.8) is 0 Å². The lowest BCUT2D eigenvalue weighted by Gasteiger charge is -2.25. The summed E-state index contributed by atoms with van der Waals surface area (Å²) in [6, 6.07) is -0.761. The van der Waals surface area contributed by atoms with Crippen LogP contribution in [0.4, 0.5) is 4.79 Å². The molecule has 0 radical (unpaired) electrons. The number of hydroxylamine groups is 2. The van der Waals surface area contributed by atoms with E-state index in [4.69, 9.17) is 4.84 Å². The topological polar surface area (TPSA) is 84.9 Å². The van der Waals surface area contributed by atoms with E-state index in [0.29, 0.717) is 0 Å². The van der Waals surface area contributed by atoms with Gasteiger partial charge in [0.1, 0.15) is 6.04 Å². The maximum absolute atomic E-state index is 11.3. The van der Waals surface area contributed by atoms with Crippen molar-refractivity contribution in [2.24, 2.45) is 0 Å². The number of imide groups is 1. The van der Waals surface area contributed by atoms with Crippen molar-refractivity contribution in [3.05, 3.63) is 0 Å². The van der Waals surface area contributed by atoms with E-state index in [1.807, 2.05) is 0 Å². The zero-order valence-corrected chi connectivity index (χ0v) is 7.19. The number of carbonyl (C=O) groups is 3. The second-order valence-electron chi connectivity index (χ2n) is 2.95. The molecule has 0 aliphatic carbocycles. The molecule has 0 spiro atoms. The second-order valence-corrected chi connectivity index (χ2v) is 2.95. The van der Waals surface area contributed by atoms with Crippen molar-refractivity contribution in [3.8, 4) is 0 Å². The Balaban J connectivity index is 2.07. The molecule has 2 fully saturated rings. The summed E-state index contributed by atoms with van der Waals surface area (Å²) in [5, 5.41) is 2.98. The first-order valence-electron chi connectivity index (χ1n) is 4.11. The fourth-order valence-electron chi connectivity index (χ4n) is 1.37. The first-order chi connectivity index (χ1) is 6.68. The highest BCUT2D eigenvalue weighted by molar-refractivity contribution is 6.01. The van der Waals surface area contributed by atoms with Gasteiger partial charge in [0.15, 0.2) is 0 Å². The summed E-state index contributed by atoms with van der Waals surface area (Å²) in [6.45, 7) is -0.184. The van der Waals surface area contributed by atoms with E-state index in [2.05, 4.69) is 10.1 Å². The van der Waals surface area contributed by atoms with Gasteiger partial charge in [0.05, 0.1) is 0 Å². The molecule has 14 heavy (non-hydrogen) atoms. The van der Waals surface area contributed by atoms with E-state index < -0.39 is 18.0 Å². The summed E-state index contributed by atoms with van der Waals surface area (Å²) in [5.74, 6) is -0.862. The molecule has 3 amide bonds. The van der Waals surface area contributed by atoms with Gasteiger partial charge < -0.3 is 4.74 Å². The summed E-state index contributed by atoms with van der Waals surface area (Å²) < 4.78 is 4.49. The molecular weight excluding hydrogens is 192 g/mol. The molecule has 2 saturated heterocycles. The molecule has 1 N–H and O–H groups in total. The fraction of sp³-hybridized carbons (Fsp3) is 0.571. The van der Waals surface area contributed by atoms with Gasteiger partial charge in [0, 0.05) is 6.42 Å². The molecule has 2 aliphatic heterocycles. The molecule has 1 unspecified atom stereocenters. The summed E-state index contributed by atoms with van der Waals surface area (Å²) in [5.41, 5.74) is 0. The number of rotatable bonds is 1. The Morgan fingerprint density at radius 1 is 1.36 bits per heavy atom. The van der Waals surface area contributed by atoms with Crippen molar-refractivity contribution >= 4 is 17.9 Å². The van der Waals surface area contributed by atoms with E-state index in [1.165, 1.54) is 0 Å². The van der Waals surface area contributed by atoms with Crippen molar-refractivity contribution in [2.45, 2.75) is 18.9 Å². The van der Waals surface area contributed by atoms with Crippen LogP contribution >= 0.6 is 0 Å². The number of nitrogens with one attached hydrogen (secondary N) is 1. The molecule has 7 nitrogen and oxygen atoms in total. The molecule has 76 valence electrons. The van der Waals surface area contributed by atoms with Crippen LogP contribution in [0.15, 0.2) is 0 Å². The van der Waals surface area contributed by atoms with Crippen molar-refractivity contribution in [1.29, 1.82) is 0 Å². The normalized spacial score (nSPS) is 27.6. The largest absolute Gasteiger partial charge is 0.437 e. The van der Waals surface area contributed by atoms with Crippen molar-refractivity contribution < 1.29 is 24.0 Å². The Morgan fingerprint density at radius 2 is 2.14 bits per heavy atom. The lowest BCUT2D eigenvalue weighted by atomic mass is 10.1. The van der Waals surface area contributed by atoms with Crippen LogP contribution < -0.4 is 5.32 Å². The lowest BCUT2D eigenvalue weighted by molar-refractivity contribution is -0.157. The molecule has 2 rings (SSSR count). The van der Waals surface area contributed by atoms with Gasteiger partial charge in [-0.25, -0.2) is 9.63 Å². The molecule has 0 aromatic heterocycles.